The molecule has 0 radical (unpaired) electrons. The van der Waals surface area contributed by atoms with E-state index in [0.717, 1.165) is 21.7 Å². The lowest BCUT2D eigenvalue weighted by atomic mass is 10.1. The summed E-state index contributed by atoms with van der Waals surface area (Å²) in [6.45, 7) is 5.21. The van der Waals surface area contributed by atoms with Gasteiger partial charge in [0.2, 0.25) is 15.9 Å². The monoisotopic (exact) mass is 420 g/mol. The SMILES string of the molecule is COc1ccccc1[C@H](C)NC(=O)[C@H](C)N(c1cc(C)ccc1OC)S(C)(=O)=O. The Kier molecular flexibility index (Phi) is 7.13. The Morgan fingerprint density at radius 1 is 1.03 bits per heavy atom. The average molecular weight is 421 g/mol. The molecule has 0 spiro atoms. The number of carbonyl (C=O) groups excluding carboxylic acids is 1. The van der Waals surface area contributed by atoms with Crippen molar-refractivity contribution in [3.63, 3.8) is 0 Å². The number of nitrogens with one attached hydrogen (secondary N) is 1. The van der Waals surface area contributed by atoms with Gasteiger partial charge in [0.15, 0.2) is 0 Å². The van der Waals surface area contributed by atoms with Gasteiger partial charge in [-0.2, -0.15) is 0 Å². The fraction of sp³-hybridized carbons (Fsp3) is 0.381. The Morgan fingerprint density at radius 2 is 1.66 bits per heavy atom. The maximum atomic E-state index is 13.0. The first kappa shape index (κ1) is 22.5. The molecule has 0 unspecified atom stereocenters. The number of benzene rings is 2. The molecular formula is C21H28N2O5S. The number of amides is 1. The predicted octanol–water partition coefficient (Wildman–Crippen LogP) is 3.04. The second-order valence-electron chi connectivity index (χ2n) is 6.88. The van der Waals surface area contributed by atoms with E-state index in [2.05, 4.69) is 5.32 Å². The molecule has 0 heterocycles. The van der Waals surface area contributed by atoms with Crippen LogP contribution < -0.4 is 19.1 Å². The number of nitrogens with zero attached hydrogens (tertiary/aromatic N) is 1. The molecule has 0 aliphatic heterocycles. The van der Waals surface area contributed by atoms with Gasteiger partial charge in [-0.15, -0.1) is 0 Å². The second-order valence-corrected chi connectivity index (χ2v) is 8.74. The second kappa shape index (κ2) is 9.17. The van der Waals surface area contributed by atoms with Crippen LogP contribution in [0.25, 0.3) is 0 Å². The van der Waals surface area contributed by atoms with Crippen molar-refractivity contribution in [3.05, 3.63) is 53.6 Å². The third-order valence-corrected chi connectivity index (χ3v) is 5.85. The summed E-state index contributed by atoms with van der Waals surface area (Å²) in [6.07, 6.45) is 1.07. The zero-order chi connectivity index (χ0) is 21.8. The van der Waals surface area contributed by atoms with Gasteiger partial charge in [-0.25, -0.2) is 8.42 Å². The van der Waals surface area contributed by atoms with Crippen LogP contribution in [-0.4, -0.2) is 40.8 Å². The molecule has 0 saturated heterocycles. The van der Waals surface area contributed by atoms with Crippen molar-refractivity contribution in [3.8, 4) is 11.5 Å². The zero-order valence-electron chi connectivity index (χ0n) is 17.6. The third kappa shape index (κ3) is 5.20. The van der Waals surface area contributed by atoms with Crippen LogP contribution in [0.5, 0.6) is 11.5 Å². The van der Waals surface area contributed by atoms with Crippen molar-refractivity contribution in [1.29, 1.82) is 0 Å². The van der Waals surface area contributed by atoms with Gasteiger partial charge in [-0.1, -0.05) is 24.3 Å². The highest BCUT2D eigenvalue weighted by molar-refractivity contribution is 7.92. The first-order chi connectivity index (χ1) is 13.6. The maximum absolute atomic E-state index is 13.0. The summed E-state index contributed by atoms with van der Waals surface area (Å²) in [5.74, 6) is 0.587. The number of aryl methyl sites for hydroxylation is 1. The summed E-state index contributed by atoms with van der Waals surface area (Å²) in [5.41, 5.74) is 1.97. The maximum Gasteiger partial charge on any atom is 0.244 e. The highest BCUT2D eigenvalue weighted by Gasteiger charge is 2.32. The molecule has 1 amide bonds. The number of methoxy groups -OCH3 is 2. The molecule has 0 aromatic heterocycles. The standard InChI is InChI=1S/C21H28N2O5S/c1-14-11-12-20(28-5)18(13-14)23(29(6,25)26)16(3)21(24)22-15(2)17-9-7-8-10-19(17)27-4/h7-13,15-16H,1-6H3,(H,22,24)/t15-,16-/m0/s1. The van der Waals surface area contributed by atoms with Crippen molar-refractivity contribution in [2.45, 2.75) is 32.9 Å². The molecule has 29 heavy (non-hydrogen) atoms. The fourth-order valence-electron chi connectivity index (χ4n) is 3.19. The van der Waals surface area contributed by atoms with Crippen LogP contribution in [-0.2, 0) is 14.8 Å². The molecule has 2 aromatic carbocycles. The lowest BCUT2D eigenvalue weighted by Gasteiger charge is -2.30. The number of sulfonamides is 1. The van der Waals surface area contributed by atoms with Crippen LogP contribution in [0.4, 0.5) is 5.69 Å². The van der Waals surface area contributed by atoms with Gasteiger partial charge in [0.05, 0.1) is 32.2 Å². The van der Waals surface area contributed by atoms with Crippen molar-refractivity contribution < 1.29 is 22.7 Å². The highest BCUT2D eigenvalue weighted by atomic mass is 32.2. The summed E-state index contributed by atoms with van der Waals surface area (Å²) in [4.78, 5) is 13.0. The van der Waals surface area contributed by atoms with E-state index < -0.39 is 22.0 Å². The van der Waals surface area contributed by atoms with E-state index in [1.807, 2.05) is 44.2 Å². The topological polar surface area (TPSA) is 84.9 Å². The summed E-state index contributed by atoms with van der Waals surface area (Å²) < 4.78 is 36.9. The summed E-state index contributed by atoms with van der Waals surface area (Å²) in [5, 5.41) is 2.88. The number of hydrogen-bond donors (Lipinski definition) is 1. The molecular weight excluding hydrogens is 392 g/mol. The molecule has 0 saturated carbocycles. The molecule has 0 aliphatic carbocycles. The Hall–Kier alpha value is -2.74. The molecule has 2 rings (SSSR count). The zero-order valence-corrected chi connectivity index (χ0v) is 18.4. The Balaban J connectivity index is 2.36. The number of para-hydroxylation sites is 1. The number of anilines is 1. The van der Waals surface area contributed by atoms with E-state index >= 15 is 0 Å². The predicted molar refractivity (Wildman–Crippen MR) is 114 cm³/mol. The first-order valence-corrected chi connectivity index (χ1v) is 11.0. The van der Waals surface area contributed by atoms with Crippen molar-refractivity contribution in [1.82, 2.24) is 5.32 Å². The van der Waals surface area contributed by atoms with Crippen LogP contribution >= 0.6 is 0 Å². The molecule has 2 aromatic rings. The van der Waals surface area contributed by atoms with Gasteiger partial charge in [0.1, 0.15) is 17.5 Å². The lowest BCUT2D eigenvalue weighted by Crippen LogP contribution is -2.48. The van der Waals surface area contributed by atoms with E-state index in [4.69, 9.17) is 9.47 Å². The van der Waals surface area contributed by atoms with E-state index in [0.29, 0.717) is 17.2 Å². The van der Waals surface area contributed by atoms with Crippen molar-refractivity contribution in [2.75, 3.05) is 24.8 Å². The van der Waals surface area contributed by atoms with Crippen molar-refractivity contribution >= 4 is 21.6 Å². The quantitative estimate of drug-likeness (QED) is 0.710. The summed E-state index contributed by atoms with van der Waals surface area (Å²) in [6, 6.07) is 11.2. The Morgan fingerprint density at radius 3 is 2.24 bits per heavy atom. The molecule has 7 nitrogen and oxygen atoms in total. The Bertz CT molecular complexity index is 975. The van der Waals surface area contributed by atoms with Crippen molar-refractivity contribution in [2.24, 2.45) is 0 Å². The Labute approximate surface area is 172 Å². The minimum atomic E-state index is -3.76. The van der Waals surface area contributed by atoms with Gasteiger partial charge >= 0.3 is 0 Å². The molecule has 0 bridgehead atoms. The number of carbonyl (C=O) groups is 1. The molecule has 0 aliphatic rings. The van der Waals surface area contributed by atoms with Crippen LogP contribution in [0.1, 0.15) is 31.0 Å². The van der Waals surface area contributed by atoms with Gasteiger partial charge in [0, 0.05) is 5.56 Å². The van der Waals surface area contributed by atoms with Crippen LogP contribution in [0.3, 0.4) is 0 Å². The van der Waals surface area contributed by atoms with E-state index in [1.165, 1.54) is 7.11 Å². The van der Waals surface area contributed by atoms with Crippen LogP contribution in [0.2, 0.25) is 0 Å². The minimum absolute atomic E-state index is 0.322. The lowest BCUT2D eigenvalue weighted by molar-refractivity contribution is -0.122. The third-order valence-electron chi connectivity index (χ3n) is 4.62. The number of ether oxygens (including phenoxy) is 2. The molecule has 1 N–H and O–H groups in total. The smallest absolute Gasteiger partial charge is 0.244 e. The highest BCUT2D eigenvalue weighted by Crippen LogP contribution is 2.33. The van der Waals surface area contributed by atoms with Crippen LogP contribution in [0, 0.1) is 6.92 Å². The minimum Gasteiger partial charge on any atom is -0.496 e. The van der Waals surface area contributed by atoms with E-state index in [-0.39, 0.29) is 6.04 Å². The number of rotatable bonds is 8. The summed E-state index contributed by atoms with van der Waals surface area (Å²) >= 11 is 0. The van der Waals surface area contributed by atoms with Crippen LogP contribution in [0.15, 0.2) is 42.5 Å². The largest absolute Gasteiger partial charge is 0.496 e. The molecule has 8 heteroatoms. The van der Waals surface area contributed by atoms with Gasteiger partial charge in [-0.3, -0.25) is 9.10 Å². The molecule has 0 fully saturated rings. The van der Waals surface area contributed by atoms with Gasteiger partial charge in [0.25, 0.3) is 0 Å². The summed E-state index contributed by atoms with van der Waals surface area (Å²) in [7, 11) is -0.735. The first-order valence-electron chi connectivity index (χ1n) is 9.17. The molecule has 2 atom stereocenters. The average Bonchev–Trinajstić information content (AvgIpc) is 2.67. The van der Waals surface area contributed by atoms with Gasteiger partial charge in [-0.05, 0) is 44.5 Å². The van der Waals surface area contributed by atoms with Gasteiger partial charge < -0.3 is 14.8 Å². The van der Waals surface area contributed by atoms with E-state index in [9.17, 15) is 13.2 Å². The number of hydrogen-bond acceptors (Lipinski definition) is 5. The molecule has 158 valence electrons. The fourth-order valence-corrected chi connectivity index (χ4v) is 4.36. The normalized spacial score (nSPS) is 13.3. The van der Waals surface area contributed by atoms with E-state index in [1.54, 1.807) is 26.2 Å².